The molecule has 0 saturated heterocycles. The van der Waals surface area contributed by atoms with Gasteiger partial charge in [-0.15, -0.1) is 0 Å². The number of amides is 1. The third kappa shape index (κ3) is 6.63. The first kappa shape index (κ1) is 20.8. The normalized spacial score (nSPS) is 12.4. The van der Waals surface area contributed by atoms with Crippen LogP contribution in [0.5, 0.6) is 5.75 Å². The number of carbonyl (C=O) groups excluding carboxylic acids is 2. The number of benzene rings is 1. The zero-order valence-electron chi connectivity index (χ0n) is 15.7. The van der Waals surface area contributed by atoms with Gasteiger partial charge in [-0.3, -0.25) is 0 Å². The second-order valence-electron chi connectivity index (χ2n) is 6.86. The topological polar surface area (TPSA) is 94.8 Å². The molecule has 0 spiro atoms. The van der Waals surface area contributed by atoms with Crippen molar-refractivity contribution >= 4 is 34.8 Å². The molecular weight excluding hydrogens is 370 g/mol. The van der Waals surface area contributed by atoms with Crippen LogP contribution in [-0.2, 0) is 9.53 Å². The molecule has 0 bridgehead atoms. The van der Waals surface area contributed by atoms with Crippen molar-refractivity contribution in [1.29, 1.82) is 0 Å². The molecule has 0 saturated carbocycles. The van der Waals surface area contributed by atoms with E-state index in [1.807, 2.05) is 6.26 Å². The maximum absolute atomic E-state index is 12.5. The van der Waals surface area contributed by atoms with Gasteiger partial charge < -0.3 is 19.2 Å². The molecule has 1 aromatic carbocycles. The maximum atomic E-state index is 12.5. The molecule has 1 N–H and O–H groups in total. The first-order valence-electron chi connectivity index (χ1n) is 8.42. The van der Waals surface area contributed by atoms with Crippen molar-refractivity contribution in [3.63, 3.8) is 0 Å². The lowest BCUT2D eigenvalue weighted by molar-refractivity contribution is -0.136. The fourth-order valence-electron chi connectivity index (χ4n) is 2.23. The number of alkyl carbamates (subject to hydrolysis) is 1. The Morgan fingerprint density at radius 1 is 1.22 bits per heavy atom. The van der Waals surface area contributed by atoms with Gasteiger partial charge in [-0.2, -0.15) is 11.8 Å². The van der Waals surface area contributed by atoms with E-state index in [-0.39, 0.29) is 5.75 Å². The zero-order valence-corrected chi connectivity index (χ0v) is 16.6. The summed E-state index contributed by atoms with van der Waals surface area (Å²) in [7, 11) is 0. The lowest BCUT2D eigenvalue weighted by atomic mass is 10.2. The number of ether oxygens (including phenoxy) is 2. The minimum absolute atomic E-state index is 0.224. The Morgan fingerprint density at radius 2 is 1.93 bits per heavy atom. The van der Waals surface area contributed by atoms with Gasteiger partial charge in [0.2, 0.25) is 0 Å². The first-order valence-corrected chi connectivity index (χ1v) is 9.81. The Hall–Kier alpha value is -2.48. The number of nitrogens with one attached hydrogen (secondary N) is 1. The summed E-state index contributed by atoms with van der Waals surface area (Å²) >= 11 is 1.55. The van der Waals surface area contributed by atoms with E-state index in [2.05, 4.69) is 5.32 Å². The third-order valence-electron chi connectivity index (χ3n) is 3.40. The van der Waals surface area contributed by atoms with E-state index < -0.39 is 29.3 Å². The van der Waals surface area contributed by atoms with Crippen LogP contribution in [0.4, 0.5) is 4.79 Å². The molecule has 1 heterocycles. The van der Waals surface area contributed by atoms with Crippen LogP contribution >= 0.6 is 11.8 Å². The highest BCUT2D eigenvalue weighted by Gasteiger charge is 2.25. The first-order chi connectivity index (χ1) is 12.7. The molecule has 0 aliphatic carbocycles. The summed E-state index contributed by atoms with van der Waals surface area (Å²) in [6.07, 6.45) is 1.61. The average Bonchev–Trinajstić information content (AvgIpc) is 2.56. The molecule has 2 aromatic rings. The molecular formula is C19H23NO6S. The molecule has 0 unspecified atom stereocenters. The smallest absolute Gasteiger partial charge is 0.408 e. The van der Waals surface area contributed by atoms with Crippen molar-refractivity contribution in [3.8, 4) is 5.75 Å². The highest BCUT2D eigenvalue weighted by atomic mass is 32.2. The second kappa shape index (κ2) is 8.94. The predicted octanol–water partition coefficient (Wildman–Crippen LogP) is 3.34. The second-order valence-corrected chi connectivity index (χ2v) is 7.84. The monoisotopic (exact) mass is 393 g/mol. The van der Waals surface area contributed by atoms with E-state index in [1.54, 1.807) is 50.7 Å². The Balaban J connectivity index is 2.12. The molecule has 8 heteroatoms. The SMILES string of the molecule is CSCC[C@H](NC(=O)OC(C)(C)C)C(=O)Oc1ccc2ccc(=O)oc2c1. The summed E-state index contributed by atoms with van der Waals surface area (Å²) < 4.78 is 15.7. The molecule has 2 rings (SSSR count). The third-order valence-corrected chi connectivity index (χ3v) is 4.04. The molecule has 146 valence electrons. The molecule has 0 aliphatic heterocycles. The molecule has 7 nitrogen and oxygen atoms in total. The summed E-state index contributed by atoms with van der Waals surface area (Å²) in [5.41, 5.74) is -0.850. The number of carbonyl (C=O) groups is 2. The van der Waals surface area contributed by atoms with Gasteiger partial charge in [-0.1, -0.05) is 0 Å². The zero-order chi connectivity index (χ0) is 20.0. The molecule has 0 radical (unpaired) electrons. The van der Waals surface area contributed by atoms with Crippen LogP contribution in [-0.4, -0.2) is 35.7 Å². The van der Waals surface area contributed by atoms with Crippen molar-refractivity contribution in [3.05, 3.63) is 40.8 Å². The quantitative estimate of drug-likeness (QED) is 0.457. The van der Waals surface area contributed by atoms with Gasteiger partial charge >= 0.3 is 17.7 Å². The van der Waals surface area contributed by atoms with Crippen LogP contribution in [0, 0.1) is 0 Å². The van der Waals surface area contributed by atoms with Crippen molar-refractivity contribution in [1.82, 2.24) is 5.32 Å². The van der Waals surface area contributed by atoms with E-state index in [1.165, 1.54) is 12.1 Å². The highest BCUT2D eigenvalue weighted by Crippen LogP contribution is 2.20. The van der Waals surface area contributed by atoms with Crippen molar-refractivity contribution in [2.45, 2.75) is 38.8 Å². The molecule has 27 heavy (non-hydrogen) atoms. The van der Waals surface area contributed by atoms with E-state index in [9.17, 15) is 14.4 Å². The van der Waals surface area contributed by atoms with Gasteiger partial charge in [0, 0.05) is 17.5 Å². The summed E-state index contributed by atoms with van der Waals surface area (Å²) in [5.74, 6) is 0.261. The van der Waals surface area contributed by atoms with Crippen LogP contribution < -0.4 is 15.7 Å². The van der Waals surface area contributed by atoms with Crippen molar-refractivity contribution in [2.24, 2.45) is 0 Å². The van der Waals surface area contributed by atoms with E-state index >= 15 is 0 Å². The van der Waals surface area contributed by atoms with Crippen LogP contribution in [0.2, 0.25) is 0 Å². The number of fused-ring (bicyclic) bond motifs is 1. The van der Waals surface area contributed by atoms with Crippen LogP contribution in [0.1, 0.15) is 27.2 Å². The lowest BCUT2D eigenvalue weighted by Crippen LogP contribution is -2.45. The van der Waals surface area contributed by atoms with E-state index in [4.69, 9.17) is 13.9 Å². The Morgan fingerprint density at radius 3 is 2.59 bits per heavy atom. The number of hydrogen-bond donors (Lipinski definition) is 1. The van der Waals surface area contributed by atoms with Crippen LogP contribution in [0.3, 0.4) is 0 Å². The van der Waals surface area contributed by atoms with Gasteiger partial charge in [-0.25, -0.2) is 14.4 Å². The summed E-state index contributed by atoms with van der Waals surface area (Å²) in [4.78, 5) is 35.9. The van der Waals surface area contributed by atoms with Crippen molar-refractivity contribution in [2.75, 3.05) is 12.0 Å². The Labute approximate surface area is 161 Å². The largest absolute Gasteiger partial charge is 0.444 e. The van der Waals surface area contributed by atoms with Gasteiger partial charge in [0.05, 0.1) is 0 Å². The predicted molar refractivity (Wildman–Crippen MR) is 104 cm³/mol. The van der Waals surface area contributed by atoms with Gasteiger partial charge in [0.15, 0.2) is 0 Å². The lowest BCUT2D eigenvalue weighted by Gasteiger charge is -2.22. The molecule has 0 fully saturated rings. The highest BCUT2D eigenvalue weighted by molar-refractivity contribution is 7.98. The van der Waals surface area contributed by atoms with Crippen molar-refractivity contribution < 1.29 is 23.5 Å². The molecule has 1 atom stereocenters. The van der Waals surface area contributed by atoms with Gasteiger partial charge in [0.1, 0.15) is 23.0 Å². The standard InChI is InChI=1S/C19H23NO6S/c1-19(2,3)26-18(23)20-14(9-10-27-4)17(22)24-13-7-5-12-6-8-16(21)25-15(12)11-13/h5-8,11,14H,9-10H2,1-4H3,(H,20,23)/t14-/m0/s1. The molecule has 0 aliphatic rings. The summed E-state index contributed by atoms with van der Waals surface area (Å²) in [6.45, 7) is 5.22. The summed E-state index contributed by atoms with van der Waals surface area (Å²) in [6, 6.07) is 6.83. The molecule has 1 aromatic heterocycles. The summed E-state index contributed by atoms with van der Waals surface area (Å²) in [5, 5.41) is 3.26. The number of rotatable bonds is 6. The van der Waals surface area contributed by atoms with Gasteiger partial charge in [0.25, 0.3) is 0 Å². The number of thioether (sulfide) groups is 1. The maximum Gasteiger partial charge on any atom is 0.408 e. The average molecular weight is 393 g/mol. The van der Waals surface area contributed by atoms with E-state index in [0.29, 0.717) is 23.1 Å². The molecule has 1 amide bonds. The van der Waals surface area contributed by atoms with Crippen LogP contribution in [0.25, 0.3) is 11.0 Å². The Bertz CT molecular complexity index is 870. The van der Waals surface area contributed by atoms with Gasteiger partial charge in [-0.05, 0) is 57.4 Å². The number of hydrogen-bond acceptors (Lipinski definition) is 7. The van der Waals surface area contributed by atoms with Crippen LogP contribution in [0.15, 0.2) is 39.5 Å². The van der Waals surface area contributed by atoms with E-state index in [0.717, 1.165) is 0 Å². The fraction of sp³-hybridized carbons (Fsp3) is 0.421. The minimum Gasteiger partial charge on any atom is -0.444 e. The fourth-order valence-corrected chi connectivity index (χ4v) is 2.70. The number of esters is 1. The minimum atomic E-state index is -0.856. The Kier molecular flexibility index (Phi) is 6.90.